The molecule has 0 aliphatic carbocycles. The van der Waals surface area contributed by atoms with Crippen molar-refractivity contribution in [1.82, 2.24) is 4.72 Å². The highest BCUT2D eigenvalue weighted by Gasteiger charge is 2.35. The molecule has 0 bridgehead atoms. The number of anilines is 1. The van der Waals surface area contributed by atoms with Crippen LogP contribution in [-0.2, 0) is 21.4 Å². The van der Waals surface area contributed by atoms with Crippen molar-refractivity contribution in [2.45, 2.75) is 32.3 Å². The number of hydrogen-bond donors (Lipinski definition) is 3. The van der Waals surface area contributed by atoms with Gasteiger partial charge in [-0.05, 0) is 42.0 Å². The zero-order valence-electron chi connectivity index (χ0n) is 15.6. The van der Waals surface area contributed by atoms with E-state index in [4.69, 9.17) is 0 Å². The number of phenolic OH excluding ortho intramolecular Hbond substituents is 1. The highest BCUT2D eigenvalue weighted by molar-refractivity contribution is 7.92. The van der Waals surface area contributed by atoms with E-state index < -0.39 is 22.2 Å². The van der Waals surface area contributed by atoms with Crippen LogP contribution in [0.4, 0.5) is 5.69 Å². The van der Waals surface area contributed by atoms with Gasteiger partial charge in [-0.15, -0.1) is 0 Å². The minimum Gasteiger partial charge on any atom is -0.506 e. The van der Waals surface area contributed by atoms with Crippen LogP contribution in [-0.4, -0.2) is 31.1 Å². The Kier molecular flexibility index (Phi) is 5.90. The van der Waals surface area contributed by atoms with Gasteiger partial charge in [-0.2, -0.15) is 8.42 Å². The fourth-order valence-corrected chi connectivity index (χ4v) is 4.70. The number of rotatable bonds is 7. The largest absolute Gasteiger partial charge is 0.506 e. The lowest BCUT2D eigenvalue weighted by Crippen LogP contribution is -2.29. The van der Waals surface area contributed by atoms with E-state index in [1.54, 1.807) is 6.07 Å². The van der Waals surface area contributed by atoms with Gasteiger partial charge in [0.1, 0.15) is 12.3 Å². The van der Waals surface area contributed by atoms with Crippen LogP contribution in [0, 0.1) is 5.92 Å². The monoisotopic (exact) mass is 404 g/mol. The van der Waals surface area contributed by atoms with Crippen LogP contribution in [0.2, 0.25) is 0 Å². The minimum atomic E-state index is -3.97. The van der Waals surface area contributed by atoms with Crippen molar-refractivity contribution < 1.29 is 23.4 Å². The lowest BCUT2D eigenvalue weighted by molar-refractivity contribution is -0.117. The molecule has 7 nitrogen and oxygen atoms in total. The third-order valence-corrected chi connectivity index (χ3v) is 6.27. The van der Waals surface area contributed by atoms with Gasteiger partial charge in [-0.3, -0.25) is 4.79 Å². The van der Waals surface area contributed by atoms with Crippen molar-refractivity contribution in [1.29, 1.82) is 0 Å². The second kappa shape index (κ2) is 8.20. The summed E-state index contributed by atoms with van der Waals surface area (Å²) in [5.41, 5.74) is 1.68. The zero-order chi connectivity index (χ0) is 20.3. The maximum absolute atomic E-state index is 12.0. The van der Waals surface area contributed by atoms with Crippen molar-refractivity contribution in [2.75, 3.05) is 10.8 Å². The molecule has 1 saturated heterocycles. The Morgan fingerprint density at radius 1 is 1.18 bits per heavy atom. The van der Waals surface area contributed by atoms with Crippen LogP contribution in [0.15, 0.2) is 48.5 Å². The zero-order valence-corrected chi connectivity index (χ0v) is 16.4. The summed E-state index contributed by atoms with van der Waals surface area (Å²) >= 11 is 0. The van der Waals surface area contributed by atoms with E-state index in [2.05, 4.69) is 0 Å². The molecule has 0 spiro atoms. The van der Waals surface area contributed by atoms with E-state index in [0.717, 1.165) is 28.3 Å². The van der Waals surface area contributed by atoms with Gasteiger partial charge in [0.15, 0.2) is 0 Å². The van der Waals surface area contributed by atoms with E-state index in [1.807, 2.05) is 42.0 Å². The summed E-state index contributed by atoms with van der Waals surface area (Å²) < 4.78 is 26.7. The molecule has 3 rings (SSSR count). The second-order valence-electron chi connectivity index (χ2n) is 6.97. The molecule has 1 aliphatic heterocycles. The van der Waals surface area contributed by atoms with Crippen LogP contribution in [0.3, 0.4) is 0 Å². The topological polar surface area (TPSA) is 107 Å². The molecule has 2 aromatic carbocycles. The van der Waals surface area contributed by atoms with Gasteiger partial charge in [-0.1, -0.05) is 49.7 Å². The van der Waals surface area contributed by atoms with Gasteiger partial charge < -0.3 is 10.2 Å². The number of hydrogen-bond acceptors (Lipinski definition) is 5. The van der Waals surface area contributed by atoms with Gasteiger partial charge in [0, 0.05) is 0 Å². The average Bonchev–Trinajstić information content (AvgIpc) is 2.93. The summed E-state index contributed by atoms with van der Waals surface area (Å²) in [6.45, 7) is 1.69. The van der Waals surface area contributed by atoms with Crippen molar-refractivity contribution in [3.8, 4) is 5.75 Å². The molecule has 1 amide bonds. The summed E-state index contributed by atoms with van der Waals surface area (Å²) in [5, 5.41) is 21.1. The molecule has 0 saturated carbocycles. The van der Waals surface area contributed by atoms with E-state index in [9.17, 15) is 23.4 Å². The third kappa shape index (κ3) is 4.28. The summed E-state index contributed by atoms with van der Waals surface area (Å²) in [6, 6.07) is 14.1. The molecular formula is C20H24N2O5S. The number of aliphatic hydroxyl groups is 1. The van der Waals surface area contributed by atoms with Crippen molar-refractivity contribution in [3.05, 3.63) is 59.7 Å². The maximum Gasteiger partial charge on any atom is 0.326 e. The Balaban J connectivity index is 1.81. The average molecular weight is 404 g/mol. The van der Waals surface area contributed by atoms with Gasteiger partial charge in [-0.25, -0.2) is 9.03 Å². The lowest BCUT2D eigenvalue weighted by Gasteiger charge is -2.24. The fraction of sp³-hybridized carbons (Fsp3) is 0.350. The first-order chi connectivity index (χ1) is 13.3. The normalized spacial score (nSPS) is 17.9. The molecule has 1 fully saturated rings. The first kappa shape index (κ1) is 20.2. The number of nitrogens with one attached hydrogen (secondary N) is 1. The number of nitrogens with zero attached hydrogens (tertiary/aromatic N) is 1. The quantitative estimate of drug-likeness (QED) is 0.656. The number of carbonyl (C=O) groups excluding carboxylic acids is 1. The van der Waals surface area contributed by atoms with Crippen LogP contribution in [0.1, 0.15) is 37.0 Å². The highest BCUT2D eigenvalue weighted by atomic mass is 32.2. The summed E-state index contributed by atoms with van der Waals surface area (Å²) in [5.74, 6) is -0.907. The number of phenols is 1. The second-order valence-corrected chi connectivity index (χ2v) is 8.56. The Hall–Kier alpha value is -2.58. The molecule has 2 atom stereocenters. The molecule has 2 aromatic rings. The lowest BCUT2D eigenvalue weighted by atomic mass is 9.86. The van der Waals surface area contributed by atoms with Crippen molar-refractivity contribution in [2.24, 2.45) is 5.92 Å². The predicted molar refractivity (Wildman–Crippen MR) is 106 cm³/mol. The highest BCUT2D eigenvalue weighted by Crippen LogP contribution is 2.34. The van der Waals surface area contributed by atoms with Crippen molar-refractivity contribution >= 4 is 21.8 Å². The maximum atomic E-state index is 12.0. The molecule has 28 heavy (non-hydrogen) atoms. The van der Waals surface area contributed by atoms with E-state index in [1.165, 1.54) is 12.1 Å². The molecule has 0 radical (unpaired) electrons. The van der Waals surface area contributed by atoms with E-state index in [-0.39, 0.29) is 23.9 Å². The van der Waals surface area contributed by atoms with E-state index in [0.29, 0.717) is 6.42 Å². The van der Waals surface area contributed by atoms with Gasteiger partial charge in [0.2, 0.25) is 0 Å². The minimum absolute atomic E-state index is 0.0450. The van der Waals surface area contributed by atoms with Crippen LogP contribution >= 0.6 is 0 Å². The van der Waals surface area contributed by atoms with Gasteiger partial charge >= 0.3 is 10.2 Å². The van der Waals surface area contributed by atoms with Crippen LogP contribution < -0.4 is 9.03 Å². The number of aromatic hydroxyl groups is 1. The first-order valence-electron chi connectivity index (χ1n) is 9.20. The molecular weight excluding hydrogens is 380 g/mol. The number of benzene rings is 2. The Labute approximate surface area is 164 Å². The van der Waals surface area contributed by atoms with Gasteiger partial charge in [0.05, 0.1) is 11.8 Å². The van der Waals surface area contributed by atoms with Crippen molar-refractivity contribution in [3.63, 3.8) is 0 Å². The fourth-order valence-electron chi connectivity index (χ4n) is 3.54. The molecule has 0 aromatic heterocycles. The Morgan fingerprint density at radius 3 is 2.46 bits per heavy atom. The number of carbonyl (C=O) groups is 1. The van der Waals surface area contributed by atoms with Gasteiger partial charge in [0.25, 0.3) is 5.91 Å². The molecule has 1 aliphatic rings. The molecule has 1 heterocycles. The number of aliphatic hydroxyl groups excluding tert-OH is 1. The molecule has 2 unspecified atom stereocenters. The molecule has 3 N–H and O–H groups in total. The van der Waals surface area contributed by atoms with Crippen LogP contribution in [0.5, 0.6) is 5.75 Å². The van der Waals surface area contributed by atoms with E-state index >= 15 is 0 Å². The standard InChI is InChI=1S/C20H24N2O5S/c1-2-6-16(20(25)15-7-4-3-5-8-15)11-14-9-10-17(18(23)12-14)22-13-19(24)21-28(22,26)27/h3-5,7-10,12,16,20,23,25H,2,6,11,13H2,1H3,(H,21,24). The summed E-state index contributed by atoms with van der Waals surface area (Å²) in [4.78, 5) is 11.4. The summed E-state index contributed by atoms with van der Waals surface area (Å²) in [6.07, 6.45) is 1.60. The molecule has 150 valence electrons. The third-order valence-electron chi connectivity index (χ3n) is 4.87. The first-order valence-corrected chi connectivity index (χ1v) is 10.6. The predicted octanol–water partition coefficient (Wildman–Crippen LogP) is 2.27. The molecule has 8 heteroatoms. The Morgan fingerprint density at radius 2 is 1.89 bits per heavy atom. The SMILES string of the molecule is CCCC(Cc1ccc(N2CC(=O)NS2(=O)=O)c(O)c1)C(O)c1ccccc1. The Bertz CT molecular complexity index is 946. The van der Waals surface area contributed by atoms with Crippen LogP contribution in [0.25, 0.3) is 0 Å². The number of amides is 1. The smallest absolute Gasteiger partial charge is 0.326 e. The summed E-state index contributed by atoms with van der Waals surface area (Å²) in [7, 11) is -3.97.